The number of benzene rings is 2. The summed E-state index contributed by atoms with van der Waals surface area (Å²) in [5.74, 6) is 1.03. The number of aromatic nitrogens is 3. The number of rotatable bonds is 7. The molecule has 148 valence electrons. The lowest BCUT2D eigenvalue weighted by molar-refractivity contribution is -0.123. The minimum atomic E-state index is -0.738. The van der Waals surface area contributed by atoms with E-state index in [4.69, 9.17) is 4.74 Å². The van der Waals surface area contributed by atoms with Crippen molar-refractivity contribution in [2.24, 2.45) is 0 Å². The minimum Gasteiger partial charge on any atom is -0.495 e. The molecule has 0 bridgehead atoms. The summed E-state index contributed by atoms with van der Waals surface area (Å²) in [5.41, 5.74) is 1.71. The summed E-state index contributed by atoms with van der Waals surface area (Å²) in [6.07, 6.45) is -0.0525. The van der Waals surface area contributed by atoms with E-state index in [1.165, 1.54) is 23.6 Å². The average molecular weight is 409 g/mol. The Hall–Kier alpha value is -3.33. The lowest BCUT2D eigenvalue weighted by atomic mass is 10.2. The molecule has 0 radical (unpaired) electrons. The van der Waals surface area contributed by atoms with Crippen LogP contribution in [0, 0.1) is 0 Å². The SMILES string of the molecule is COc1ccccc1NC(=O)CC1C(=O)Nc2nc(SCc3ccccc3)nn21. The molecule has 2 aromatic carbocycles. The van der Waals surface area contributed by atoms with Gasteiger partial charge >= 0.3 is 0 Å². The lowest BCUT2D eigenvalue weighted by Gasteiger charge is -2.12. The number of hydrogen-bond acceptors (Lipinski definition) is 6. The molecular weight excluding hydrogens is 390 g/mol. The number of amides is 2. The van der Waals surface area contributed by atoms with Gasteiger partial charge in [-0.2, -0.15) is 4.98 Å². The monoisotopic (exact) mass is 409 g/mol. The number of hydrogen-bond donors (Lipinski definition) is 2. The summed E-state index contributed by atoms with van der Waals surface area (Å²) < 4.78 is 6.72. The van der Waals surface area contributed by atoms with Crippen LogP contribution in [0.3, 0.4) is 0 Å². The van der Waals surface area contributed by atoms with Gasteiger partial charge in [0.25, 0.3) is 5.91 Å². The van der Waals surface area contributed by atoms with Crippen molar-refractivity contribution in [1.29, 1.82) is 0 Å². The Labute approximate surface area is 171 Å². The zero-order chi connectivity index (χ0) is 20.2. The van der Waals surface area contributed by atoms with Gasteiger partial charge in [-0.3, -0.25) is 14.9 Å². The average Bonchev–Trinajstić information content (AvgIpc) is 3.25. The molecule has 1 unspecified atom stereocenters. The second-order valence-corrected chi connectivity index (χ2v) is 7.34. The van der Waals surface area contributed by atoms with Gasteiger partial charge in [0.2, 0.25) is 17.0 Å². The third-order valence-corrected chi connectivity index (χ3v) is 5.32. The third kappa shape index (κ3) is 4.24. The van der Waals surface area contributed by atoms with E-state index in [1.54, 1.807) is 18.2 Å². The maximum atomic E-state index is 12.5. The van der Waals surface area contributed by atoms with Crippen molar-refractivity contribution < 1.29 is 14.3 Å². The summed E-state index contributed by atoms with van der Waals surface area (Å²) in [7, 11) is 1.53. The molecule has 0 aliphatic carbocycles. The number of ether oxygens (including phenoxy) is 1. The number of carbonyl (C=O) groups excluding carboxylic acids is 2. The Morgan fingerprint density at radius 3 is 2.76 bits per heavy atom. The third-order valence-electron chi connectivity index (χ3n) is 4.42. The van der Waals surface area contributed by atoms with Gasteiger partial charge in [0.15, 0.2) is 0 Å². The number of nitrogens with one attached hydrogen (secondary N) is 2. The predicted molar refractivity (Wildman–Crippen MR) is 110 cm³/mol. The molecule has 1 atom stereocenters. The van der Waals surface area contributed by atoms with E-state index in [-0.39, 0.29) is 18.2 Å². The van der Waals surface area contributed by atoms with Crippen molar-refractivity contribution >= 4 is 35.2 Å². The van der Waals surface area contributed by atoms with Gasteiger partial charge < -0.3 is 10.1 Å². The summed E-state index contributed by atoms with van der Waals surface area (Å²) in [6.45, 7) is 0. The maximum absolute atomic E-state index is 12.5. The van der Waals surface area contributed by atoms with Crippen molar-refractivity contribution in [1.82, 2.24) is 14.8 Å². The first kappa shape index (κ1) is 19.0. The second-order valence-electron chi connectivity index (χ2n) is 6.39. The number of fused-ring (bicyclic) bond motifs is 1. The first-order valence-corrected chi connectivity index (χ1v) is 9.99. The second kappa shape index (κ2) is 8.36. The van der Waals surface area contributed by atoms with E-state index in [0.29, 0.717) is 22.5 Å². The topological polar surface area (TPSA) is 98.1 Å². The number of carbonyl (C=O) groups is 2. The van der Waals surface area contributed by atoms with Gasteiger partial charge in [-0.15, -0.1) is 5.10 Å². The number of nitrogens with zero attached hydrogens (tertiary/aromatic N) is 3. The predicted octanol–water partition coefficient (Wildman–Crippen LogP) is 3.10. The van der Waals surface area contributed by atoms with Crippen molar-refractivity contribution in [3.05, 3.63) is 60.2 Å². The quantitative estimate of drug-likeness (QED) is 0.582. The molecule has 0 spiro atoms. The van der Waals surface area contributed by atoms with Crippen LogP contribution in [0.4, 0.5) is 11.6 Å². The van der Waals surface area contributed by atoms with E-state index >= 15 is 0 Å². The zero-order valence-electron chi connectivity index (χ0n) is 15.7. The molecule has 4 rings (SSSR count). The van der Waals surface area contributed by atoms with Crippen LogP contribution in [0.5, 0.6) is 5.75 Å². The van der Waals surface area contributed by atoms with Crippen molar-refractivity contribution in [3.8, 4) is 5.75 Å². The van der Waals surface area contributed by atoms with Crippen LogP contribution in [0.1, 0.15) is 18.0 Å². The standard InChI is InChI=1S/C20H19N5O3S/c1-28-16-10-6-5-9-14(16)21-17(26)11-15-18(27)22-19-23-20(24-25(15)19)29-12-13-7-3-2-4-8-13/h2-10,15H,11-12H2,1H3,(H,21,26)(H,22,23,24,27). The van der Waals surface area contributed by atoms with E-state index in [9.17, 15) is 9.59 Å². The molecule has 0 saturated carbocycles. The molecule has 29 heavy (non-hydrogen) atoms. The van der Waals surface area contributed by atoms with Crippen LogP contribution in [0.25, 0.3) is 0 Å². The molecule has 8 nitrogen and oxygen atoms in total. The molecule has 2 heterocycles. The minimum absolute atomic E-state index is 0.0525. The first-order valence-electron chi connectivity index (χ1n) is 9.01. The van der Waals surface area contributed by atoms with Crippen molar-refractivity contribution in [2.45, 2.75) is 23.4 Å². The fourth-order valence-electron chi connectivity index (χ4n) is 3.00. The summed E-state index contributed by atoms with van der Waals surface area (Å²) >= 11 is 1.48. The van der Waals surface area contributed by atoms with Crippen LogP contribution < -0.4 is 15.4 Å². The lowest BCUT2D eigenvalue weighted by Crippen LogP contribution is -2.24. The normalized spacial score (nSPS) is 14.9. The van der Waals surface area contributed by atoms with Crippen LogP contribution in [0.15, 0.2) is 59.8 Å². The van der Waals surface area contributed by atoms with E-state index in [0.717, 1.165) is 11.3 Å². The van der Waals surface area contributed by atoms with Crippen LogP contribution in [0.2, 0.25) is 0 Å². The molecule has 0 saturated heterocycles. The van der Waals surface area contributed by atoms with E-state index in [2.05, 4.69) is 20.7 Å². The van der Waals surface area contributed by atoms with Crippen LogP contribution >= 0.6 is 11.8 Å². The molecule has 2 amide bonds. The molecule has 1 aliphatic heterocycles. The Morgan fingerprint density at radius 1 is 1.21 bits per heavy atom. The van der Waals surface area contributed by atoms with E-state index < -0.39 is 6.04 Å². The fraction of sp³-hybridized carbons (Fsp3) is 0.200. The largest absolute Gasteiger partial charge is 0.495 e. The highest BCUT2D eigenvalue weighted by Crippen LogP contribution is 2.30. The maximum Gasteiger partial charge on any atom is 0.252 e. The highest BCUT2D eigenvalue weighted by Gasteiger charge is 2.35. The Morgan fingerprint density at radius 2 is 1.97 bits per heavy atom. The molecule has 0 fully saturated rings. The molecule has 1 aliphatic rings. The van der Waals surface area contributed by atoms with Gasteiger partial charge in [0, 0.05) is 5.75 Å². The van der Waals surface area contributed by atoms with Gasteiger partial charge in [-0.05, 0) is 17.7 Å². The Bertz CT molecular complexity index is 1040. The smallest absolute Gasteiger partial charge is 0.252 e. The van der Waals surface area contributed by atoms with Crippen molar-refractivity contribution in [2.75, 3.05) is 17.7 Å². The molecular formula is C20H19N5O3S. The molecule has 9 heteroatoms. The molecule has 2 N–H and O–H groups in total. The summed E-state index contributed by atoms with van der Waals surface area (Å²) in [4.78, 5) is 29.1. The number of methoxy groups -OCH3 is 1. The van der Waals surface area contributed by atoms with Crippen LogP contribution in [-0.2, 0) is 15.3 Å². The number of para-hydroxylation sites is 2. The highest BCUT2D eigenvalue weighted by molar-refractivity contribution is 7.98. The van der Waals surface area contributed by atoms with Crippen molar-refractivity contribution in [3.63, 3.8) is 0 Å². The first-order chi connectivity index (χ1) is 14.1. The number of thioether (sulfide) groups is 1. The number of anilines is 2. The fourth-order valence-corrected chi connectivity index (χ4v) is 3.78. The van der Waals surface area contributed by atoms with Crippen LogP contribution in [-0.4, -0.2) is 33.7 Å². The Balaban J connectivity index is 1.42. The van der Waals surface area contributed by atoms with E-state index in [1.807, 2.05) is 36.4 Å². The zero-order valence-corrected chi connectivity index (χ0v) is 16.5. The van der Waals surface area contributed by atoms with Gasteiger partial charge in [0.1, 0.15) is 11.8 Å². The highest BCUT2D eigenvalue weighted by atomic mass is 32.2. The summed E-state index contributed by atoms with van der Waals surface area (Å²) in [5, 5.41) is 10.4. The summed E-state index contributed by atoms with van der Waals surface area (Å²) in [6, 6.07) is 16.4. The van der Waals surface area contributed by atoms with Gasteiger partial charge in [0.05, 0.1) is 19.2 Å². The van der Waals surface area contributed by atoms with Gasteiger partial charge in [-0.1, -0.05) is 54.2 Å². The molecule has 3 aromatic rings. The Kier molecular flexibility index (Phi) is 5.48. The van der Waals surface area contributed by atoms with Gasteiger partial charge in [-0.25, -0.2) is 4.68 Å². The molecule has 1 aromatic heterocycles.